The largest absolute Gasteiger partial charge is 0.497 e. The molecule has 4 rings (SSSR count). The van der Waals surface area contributed by atoms with E-state index in [1.807, 2.05) is 41.3 Å². The van der Waals surface area contributed by atoms with E-state index in [1.165, 1.54) is 0 Å². The Morgan fingerprint density at radius 2 is 1.80 bits per heavy atom. The lowest BCUT2D eigenvalue weighted by Gasteiger charge is -2.35. The van der Waals surface area contributed by atoms with E-state index in [-0.39, 0.29) is 11.5 Å². The molecule has 1 aliphatic rings. The van der Waals surface area contributed by atoms with E-state index in [0.29, 0.717) is 12.1 Å². The molecule has 156 valence electrons. The highest BCUT2D eigenvalue weighted by molar-refractivity contribution is 5.80. The second-order valence-electron chi connectivity index (χ2n) is 7.47. The summed E-state index contributed by atoms with van der Waals surface area (Å²) in [6.07, 6.45) is 0. The van der Waals surface area contributed by atoms with Gasteiger partial charge in [-0.2, -0.15) is 0 Å². The van der Waals surface area contributed by atoms with Gasteiger partial charge in [0.05, 0.1) is 7.11 Å². The number of nitrogens with one attached hydrogen (secondary N) is 2. The molecular formula is C23H26N4O3. The summed E-state index contributed by atoms with van der Waals surface area (Å²) in [5.74, 6) is 0.893. The van der Waals surface area contributed by atoms with Crippen LogP contribution in [0.1, 0.15) is 12.5 Å². The minimum absolute atomic E-state index is 0.0971. The van der Waals surface area contributed by atoms with E-state index in [1.54, 1.807) is 14.0 Å². The number of pyridine rings is 1. The minimum Gasteiger partial charge on any atom is -0.497 e. The van der Waals surface area contributed by atoms with Gasteiger partial charge in [-0.15, -0.1) is 0 Å². The fourth-order valence-electron chi connectivity index (χ4n) is 3.76. The number of anilines is 2. The van der Waals surface area contributed by atoms with Gasteiger partial charge in [-0.3, -0.25) is 9.59 Å². The number of piperazine rings is 1. The lowest BCUT2D eigenvalue weighted by atomic mass is 10.1. The Kier molecular flexibility index (Phi) is 5.61. The van der Waals surface area contributed by atoms with Crippen molar-refractivity contribution in [2.45, 2.75) is 13.5 Å². The van der Waals surface area contributed by atoms with Crippen LogP contribution in [-0.2, 0) is 11.3 Å². The molecule has 1 aliphatic heterocycles. The van der Waals surface area contributed by atoms with Gasteiger partial charge in [0.2, 0.25) is 5.91 Å². The Labute approximate surface area is 175 Å². The molecule has 2 N–H and O–H groups in total. The van der Waals surface area contributed by atoms with E-state index in [2.05, 4.69) is 27.3 Å². The van der Waals surface area contributed by atoms with Crippen molar-refractivity contribution < 1.29 is 9.53 Å². The number of benzene rings is 2. The van der Waals surface area contributed by atoms with Crippen molar-refractivity contribution in [1.29, 1.82) is 0 Å². The summed E-state index contributed by atoms with van der Waals surface area (Å²) in [6, 6.07) is 15.7. The molecule has 0 aliphatic carbocycles. The van der Waals surface area contributed by atoms with Crippen molar-refractivity contribution in [3.8, 4) is 5.75 Å². The van der Waals surface area contributed by atoms with Gasteiger partial charge in [-0.25, -0.2) is 0 Å². The number of hydrogen-bond donors (Lipinski definition) is 2. The number of hydrogen-bond acceptors (Lipinski definition) is 5. The first-order chi connectivity index (χ1) is 14.5. The van der Waals surface area contributed by atoms with Gasteiger partial charge in [-0.1, -0.05) is 0 Å². The first-order valence-electron chi connectivity index (χ1n) is 10.1. The topological polar surface area (TPSA) is 77.7 Å². The van der Waals surface area contributed by atoms with Gasteiger partial charge in [-0.05, 0) is 48.5 Å². The third-order valence-corrected chi connectivity index (χ3v) is 5.57. The second kappa shape index (κ2) is 8.49. The van der Waals surface area contributed by atoms with Crippen LogP contribution in [-0.4, -0.2) is 49.1 Å². The van der Waals surface area contributed by atoms with Gasteiger partial charge in [0.1, 0.15) is 5.75 Å². The van der Waals surface area contributed by atoms with E-state index >= 15 is 0 Å². The van der Waals surface area contributed by atoms with Crippen molar-refractivity contribution in [2.24, 2.45) is 0 Å². The van der Waals surface area contributed by atoms with E-state index in [4.69, 9.17) is 4.74 Å². The molecule has 2 aromatic carbocycles. The van der Waals surface area contributed by atoms with Crippen molar-refractivity contribution in [3.05, 3.63) is 64.4 Å². The third-order valence-electron chi connectivity index (χ3n) is 5.57. The van der Waals surface area contributed by atoms with Crippen molar-refractivity contribution in [1.82, 2.24) is 9.88 Å². The highest BCUT2D eigenvalue weighted by Gasteiger charge is 2.18. The molecule has 1 aromatic heterocycles. The number of H-pyrrole nitrogens is 1. The lowest BCUT2D eigenvalue weighted by molar-refractivity contribution is -0.129. The zero-order chi connectivity index (χ0) is 21.1. The number of fused-ring (bicyclic) bond motifs is 1. The molecule has 2 heterocycles. The van der Waals surface area contributed by atoms with Crippen LogP contribution >= 0.6 is 0 Å². The fourth-order valence-corrected chi connectivity index (χ4v) is 3.76. The van der Waals surface area contributed by atoms with Crippen LogP contribution < -0.4 is 20.5 Å². The number of aromatic amines is 1. The summed E-state index contributed by atoms with van der Waals surface area (Å²) in [6.45, 7) is 5.23. The number of rotatable bonds is 5. The Morgan fingerprint density at radius 1 is 1.07 bits per heavy atom. The normalized spacial score (nSPS) is 14.1. The quantitative estimate of drug-likeness (QED) is 0.681. The average Bonchev–Trinajstić information content (AvgIpc) is 2.78. The Hall–Kier alpha value is -3.48. The minimum atomic E-state index is -0.0971. The molecule has 0 radical (unpaired) electrons. The fraction of sp³-hybridized carbons (Fsp3) is 0.304. The molecule has 30 heavy (non-hydrogen) atoms. The molecule has 0 spiro atoms. The number of amides is 1. The van der Waals surface area contributed by atoms with Gasteiger partial charge < -0.3 is 24.8 Å². The van der Waals surface area contributed by atoms with Crippen molar-refractivity contribution in [3.63, 3.8) is 0 Å². The molecule has 0 bridgehead atoms. The molecule has 3 aromatic rings. The van der Waals surface area contributed by atoms with Gasteiger partial charge in [0.15, 0.2) is 0 Å². The number of carbonyl (C=O) groups is 1. The van der Waals surface area contributed by atoms with Gasteiger partial charge in [0.25, 0.3) is 5.56 Å². The maximum Gasteiger partial charge on any atom is 0.253 e. The summed E-state index contributed by atoms with van der Waals surface area (Å²) in [7, 11) is 1.63. The van der Waals surface area contributed by atoms with Crippen LogP contribution in [0.25, 0.3) is 10.9 Å². The van der Waals surface area contributed by atoms with Gasteiger partial charge >= 0.3 is 0 Å². The molecule has 7 nitrogen and oxygen atoms in total. The maximum absolute atomic E-state index is 12.4. The number of ether oxygens (including phenoxy) is 1. The standard InChI is InChI=1S/C23H26N4O3/c1-16(28)26-9-11-27(12-10-26)20-5-3-19(4-6-20)24-15-18-13-17-14-21(30-2)7-8-22(17)25-23(18)29/h3-8,13-14,24H,9-12,15H2,1-2H3,(H,25,29). The molecule has 1 amide bonds. The Morgan fingerprint density at radius 3 is 2.47 bits per heavy atom. The molecule has 7 heteroatoms. The van der Waals surface area contributed by atoms with Crippen molar-refractivity contribution >= 4 is 28.2 Å². The Balaban J connectivity index is 1.41. The SMILES string of the molecule is COc1ccc2[nH]c(=O)c(CNc3ccc(N4CCN(C(C)=O)CC4)cc3)cc2c1. The van der Waals surface area contributed by atoms with Crippen LogP contribution in [0.5, 0.6) is 5.75 Å². The monoisotopic (exact) mass is 406 g/mol. The van der Waals surface area contributed by atoms with E-state index < -0.39 is 0 Å². The van der Waals surface area contributed by atoms with Crippen LogP contribution in [0.3, 0.4) is 0 Å². The van der Waals surface area contributed by atoms with Crippen LogP contribution in [0.4, 0.5) is 11.4 Å². The smallest absolute Gasteiger partial charge is 0.253 e. The summed E-state index contributed by atoms with van der Waals surface area (Å²) in [5, 5.41) is 4.26. The van der Waals surface area contributed by atoms with Gasteiger partial charge in [0, 0.05) is 67.5 Å². The highest BCUT2D eigenvalue weighted by Crippen LogP contribution is 2.21. The van der Waals surface area contributed by atoms with Crippen LogP contribution in [0, 0.1) is 0 Å². The second-order valence-corrected chi connectivity index (χ2v) is 7.47. The summed E-state index contributed by atoms with van der Waals surface area (Å²) >= 11 is 0. The predicted molar refractivity (Wildman–Crippen MR) is 119 cm³/mol. The van der Waals surface area contributed by atoms with Crippen molar-refractivity contribution in [2.75, 3.05) is 43.5 Å². The molecule has 0 atom stereocenters. The summed E-state index contributed by atoms with van der Waals surface area (Å²) in [4.78, 5) is 30.9. The number of carbonyl (C=O) groups excluding carboxylic acids is 1. The number of nitrogens with zero attached hydrogens (tertiary/aromatic N) is 2. The molecule has 0 unspecified atom stereocenters. The van der Waals surface area contributed by atoms with Crippen LogP contribution in [0.15, 0.2) is 53.3 Å². The average molecular weight is 406 g/mol. The number of methoxy groups -OCH3 is 1. The van der Waals surface area contributed by atoms with E-state index in [0.717, 1.165) is 54.2 Å². The summed E-state index contributed by atoms with van der Waals surface area (Å²) < 4.78 is 5.27. The molecular weight excluding hydrogens is 380 g/mol. The first-order valence-corrected chi connectivity index (χ1v) is 10.1. The molecule has 0 saturated carbocycles. The molecule has 1 saturated heterocycles. The third kappa shape index (κ3) is 4.25. The zero-order valence-corrected chi connectivity index (χ0v) is 17.3. The molecule has 1 fully saturated rings. The first kappa shape index (κ1) is 19.8. The highest BCUT2D eigenvalue weighted by atomic mass is 16.5. The maximum atomic E-state index is 12.4. The van der Waals surface area contributed by atoms with E-state index in [9.17, 15) is 9.59 Å². The lowest BCUT2D eigenvalue weighted by Crippen LogP contribution is -2.48. The summed E-state index contributed by atoms with van der Waals surface area (Å²) in [5.41, 5.74) is 3.45. The predicted octanol–water partition coefficient (Wildman–Crippen LogP) is 2.82. The zero-order valence-electron chi connectivity index (χ0n) is 17.3. The van der Waals surface area contributed by atoms with Crippen LogP contribution in [0.2, 0.25) is 0 Å². The number of aromatic nitrogens is 1. The Bertz CT molecular complexity index is 1100.